The number of halogens is 1. The van der Waals surface area contributed by atoms with Crippen LogP contribution >= 0.6 is 11.6 Å². The van der Waals surface area contributed by atoms with Gasteiger partial charge in [0.15, 0.2) is 17.3 Å². The molecule has 0 radical (unpaired) electrons. The van der Waals surface area contributed by atoms with Crippen LogP contribution in [-0.4, -0.2) is 22.7 Å². The van der Waals surface area contributed by atoms with Gasteiger partial charge in [-0.15, -0.1) is 0 Å². The zero-order valence-corrected chi connectivity index (χ0v) is 16.7. The molecule has 0 aromatic heterocycles. The lowest BCUT2D eigenvalue weighted by Crippen LogP contribution is -2.29. The summed E-state index contributed by atoms with van der Waals surface area (Å²) in [5.41, 5.74) is 3.14. The van der Waals surface area contributed by atoms with Gasteiger partial charge in [-0.1, -0.05) is 60.1 Å². The average Bonchev–Trinajstić information content (AvgIpc) is 3.33. The second-order valence-corrected chi connectivity index (χ2v) is 7.64. The van der Waals surface area contributed by atoms with E-state index >= 15 is 0 Å². The molecule has 0 saturated heterocycles. The van der Waals surface area contributed by atoms with Crippen LogP contribution in [0, 0.1) is 0 Å². The van der Waals surface area contributed by atoms with E-state index in [4.69, 9.17) is 21.1 Å². The highest BCUT2D eigenvalue weighted by Crippen LogP contribution is 2.44. The quantitative estimate of drug-likeness (QED) is 0.637. The van der Waals surface area contributed by atoms with E-state index in [1.165, 1.54) is 0 Å². The van der Waals surface area contributed by atoms with Crippen molar-refractivity contribution in [2.24, 2.45) is 0 Å². The zero-order valence-electron chi connectivity index (χ0n) is 15.9. The van der Waals surface area contributed by atoms with E-state index in [0.717, 1.165) is 16.7 Å². The summed E-state index contributed by atoms with van der Waals surface area (Å²) in [4.78, 5) is 14.8. The first-order chi connectivity index (χ1) is 14.6. The van der Waals surface area contributed by atoms with Gasteiger partial charge in [0.1, 0.15) is 0 Å². The number of carbonyl (C=O) groups excluding carboxylic acids is 1. The summed E-state index contributed by atoms with van der Waals surface area (Å²) in [7, 11) is 0. The first-order valence-electron chi connectivity index (χ1n) is 9.55. The lowest BCUT2D eigenvalue weighted by atomic mass is 9.93. The van der Waals surface area contributed by atoms with Gasteiger partial charge in [0.05, 0.1) is 6.04 Å². The first kappa shape index (κ1) is 18.6. The summed E-state index contributed by atoms with van der Waals surface area (Å²) in [6.45, 7) is 0.499. The van der Waals surface area contributed by atoms with Gasteiger partial charge in [-0.05, 0) is 41.0 Å². The number of carbonyl (C=O) groups is 1. The van der Waals surface area contributed by atoms with Crippen LogP contribution in [0.3, 0.4) is 0 Å². The molecule has 0 saturated carbocycles. The summed E-state index contributed by atoms with van der Waals surface area (Å²) in [6.07, 6.45) is 0. The van der Waals surface area contributed by atoms with Crippen molar-refractivity contribution < 1.29 is 19.4 Å². The van der Waals surface area contributed by atoms with Crippen LogP contribution in [0.1, 0.15) is 22.7 Å². The number of aliphatic hydroxyl groups is 1. The number of hydrogen-bond donors (Lipinski definition) is 1. The van der Waals surface area contributed by atoms with Crippen LogP contribution in [0.25, 0.3) is 5.57 Å². The Balaban J connectivity index is 1.57. The summed E-state index contributed by atoms with van der Waals surface area (Å²) >= 11 is 6.08. The largest absolute Gasteiger partial charge is 0.503 e. The minimum atomic E-state index is -0.442. The number of nitrogens with zero attached hydrogens (tertiary/aromatic N) is 1. The number of benzene rings is 3. The summed E-state index contributed by atoms with van der Waals surface area (Å²) in [5.74, 6) is 0.697. The Bertz CT molecular complexity index is 1140. The fourth-order valence-electron chi connectivity index (χ4n) is 3.96. The average molecular weight is 420 g/mol. The molecule has 150 valence electrons. The van der Waals surface area contributed by atoms with Crippen LogP contribution < -0.4 is 9.47 Å². The summed E-state index contributed by atoms with van der Waals surface area (Å²) in [5, 5.41) is 11.4. The van der Waals surface area contributed by atoms with Crippen molar-refractivity contribution in [1.29, 1.82) is 0 Å². The maximum Gasteiger partial charge on any atom is 0.290 e. The molecule has 2 heterocycles. The Morgan fingerprint density at radius 3 is 2.47 bits per heavy atom. The molecule has 0 aliphatic carbocycles. The molecule has 5 nitrogen and oxygen atoms in total. The van der Waals surface area contributed by atoms with Crippen molar-refractivity contribution in [3.8, 4) is 11.5 Å². The molecular formula is C24H18ClNO4. The lowest BCUT2D eigenvalue weighted by Gasteiger charge is -2.27. The summed E-state index contributed by atoms with van der Waals surface area (Å²) in [6, 6.07) is 22.0. The maximum atomic E-state index is 13.1. The highest BCUT2D eigenvalue weighted by molar-refractivity contribution is 6.30. The Labute approximate surface area is 178 Å². The molecule has 1 N–H and O–H groups in total. The molecule has 0 spiro atoms. The molecule has 0 bridgehead atoms. The molecule has 6 heteroatoms. The third-order valence-electron chi connectivity index (χ3n) is 5.36. The molecule has 1 amide bonds. The number of fused-ring (bicyclic) bond motifs is 1. The van der Waals surface area contributed by atoms with Gasteiger partial charge in [0.2, 0.25) is 6.79 Å². The Morgan fingerprint density at radius 2 is 1.70 bits per heavy atom. The maximum absolute atomic E-state index is 13.1. The second-order valence-electron chi connectivity index (χ2n) is 7.20. The molecule has 2 aliphatic rings. The third-order valence-corrected chi connectivity index (χ3v) is 5.62. The Morgan fingerprint density at radius 1 is 0.967 bits per heavy atom. The van der Waals surface area contributed by atoms with E-state index in [9.17, 15) is 9.90 Å². The lowest BCUT2D eigenvalue weighted by molar-refractivity contribution is -0.130. The van der Waals surface area contributed by atoms with Crippen LogP contribution in [0.2, 0.25) is 5.02 Å². The molecule has 30 heavy (non-hydrogen) atoms. The smallest absolute Gasteiger partial charge is 0.290 e. The monoisotopic (exact) mass is 419 g/mol. The molecule has 5 rings (SSSR count). The van der Waals surface area contributed by atoms with E-state index < -0.39 is 11.9 Å². The fourth-order valence-corrected chi connectivity index (χ4v) is 4.08. The van der Waals surface area contributed by atoms with Gasteiger partial charge in [-0.3, -0.25) is 4.79 Å². The highest BCUT2D eigenvalue weighted by Gasteiger charge is 2.41. The van der Waals surface area contributed by atoms with Crippen molar-refractivity contribution >= 4 is 23.1 Å². The predicted octanol–water partition coefficient (Wildman–Crippen LogP) is 5.12. The van der Waals surface area contributed by atoms with Crippen molar-refractivity contribution in [1.82, 2.24) is 4.90 Å². The minimum Gasteiger partial charge on any atom is -0.503 e. The molecule has 3 aromatic rings. The van der Waals surface area contributed by atoms with E-state index in [1.54, 1.807) is 17.0 Å². The topological polar surface area (TPSA) is 59.0 Å². The Hall–Kier alpha value is -3.44. The second kappa shape index (κ2) is 7.43. The number of rotatable bonds is 4. The zero-order chi connectivity index (χ0) is 20.7. The Kier molecular flexibility index (Phi) is 4.60. The predicted molar refractivity (Wildman–Crippen MR) is 113 cm³/mol. The number of ether oxygens (including phenoxy) is 2. The van der Waals surface area contributed by atoms with Crippen molar-refractivity contribution in [3.63, 3.8) is 0 Å². The molecule has 0 fully saturated rings. The van der Waals surface area contributed by atoms with Gasteiger partial charge < -0.3 is 19.5 Å². The van der Waals surface area contributed by atoms with E-state index in [-0.39, 0.29) is 12.6 Å². The van der Waals surface area contributed by atoms with Crippen LogP contribution in [-0.2, 0) is 11.3 Å². The van der Waals surface area contributed by atoms with Gasteiger partial charge in [0.25, 0.3) is 5.91 Å². The normalized spacial score (nSPS) is 17.7. The summed E-state index contributed by atoms with van der Waals surface area (Å²) < 4.78 is 10.8. The molecule has 1 atom stereocenters. The van der Waals surface area contributed by atoms with E-state index in [1.807, 2.05) is 60.7 Å². The number of aliphatic hydroxyl groups excluding tert-OH is 1. The van der Waals surface area contributed by atoms with Gasteiger partial charge >= 0.3 is 0 Å². The fraction of sp³-hybridized carbons (Fsp3) is 0.125. The molecular weight excluding hydrogens is 402 g/mol. The third kappa shape index (κ3) is 3.17. The van der Waals surface area contributed by atoms with Crippen LogP contribution in [0.4, 0.5) is 0 Å². The van der Waals surface area contributed by atoms with Gasteiger partial charge in [-0.25, -0.2) is 0 Å². The number of hydrogen-bond acceptors (Lipinski definition) is 4. The van der Waals surface area contributed by atoms with Crippen molar-refractivity contribution in [3.05, 3.63) is 100 Å². The molecule has 1 unspecified atom stereocenters. The minimum absolute atomic E-state index is 0.190. The van der Waals surface area contributed by atoms with E-state index in [0.29, 0.717) is 28.6 Å². The number of amides is 1. The van der Waals surface area contributed by atoms with Gasteiger partial charge in [-0.2, -0.15) is 0 Å². The molecule has 3 aromatic carbocycles. The standard InChI is InChI=1S/C24H18ClNO4/c25-18-9-7-17(8-10-18)22-21(16-4-2-1-3-5-16)23(27)24(28)26(22)13-15-6-11-19-20(12-15)30-14-29-19/h1-12,22,27H,13-14H2. The molecule has 2 aliphatic heterocycles. The van der Waals surface area contributed by atoms with Gasteiger partial charge in [0, 0.05) is 17.1 Å². The van der Waals surface area contributed by atoms with Crippen molar-refractivity contribution in [2.75, 3.05) is 6.79 Å². The van der Waals surface area contributed by atoms with E-state index in [2.05, 4.69) is 0 Å². The first-order valence-corrected chi connectivity index (χ1v) is 9.93. The highest BCUT2D eigenvalue weighted by atomic mass is 35.5. The van der Waals surface area contributed by atoms with Crippen molar-refractivity contribution in [2.45, 2.75) is 12.6 Å². The van der Waals surface area contributed by atoms with Crippen LogP contribution in [0.15, 0.2) is 78.6 Å². The SMILES string of the molecule is O=C1C(O)=C(c2ccccc2)C(c2ccc(Cl)cc2)N1Cc1ccc2c(c1)OCO2. The van der Waals surface area contributed by atoms with Crippen LogP contribution in [0.5, 0.6) is 11.5 Å².